The Morgan fingerprint density at radius 3 is 2.88 bits per heavy atom. The molecule has 1 aromatic heterocycles. The van der Waals surface area contributed by atoms with Gasteiger partial charge in [0.15, 0.2) is 0 Å². The Morgan fingerprint density at radius 1 is 1.56 bits per heavy atom. The van der Waals surface area contributed by atoms with Crippen molar-refractivity contribution in [3.05, 3.63) is 18.0 Å². The van der Waals surface area contributed by atoms with Crippen molar-refractivity contribution < 1.29 is 24.3 Å². The van der Waals surface area contributed by atoms with E-state index in [-0.39, 0.29) is 18.7 Å². The summed E-state index contributed by atoms with van der Waals surface area (Å²) in [7, 11) is 0. The molecular formula is C9H10N2O5. The second kappa shape index (κ2) is 3.93. The number of likely N-dealkylation sites (tertiary alicyclic amines) is 1. The number of carboxylic acid groups (broad SMARTS) is 1. The Labute approximate surface area is 90.3 Å². The molecular weight excluding hydrogens is 216 g/mol. The van der Waals surface area contributed by atoms with Crippen LogP contribution in [0.15, 0.2) is 16.8 Å². The molecule has 1 aliphatic heterocycles. The molecule has 0 bridgehead atoms. The summed E-state index contributed by atoms with van der Waals surface area (Å²) in [4.78, 5) is 23.7. The molecule has 1 fully saturated rings. The molecule has 0 aliphatic carbocycles. The number of carbonyl (C=O) groups is 2. The average molecular weight is 226 g/mol. The van der Waals surface area contributed by atoms with Gasteiger partial charge in [-0.05, 0) is 0 Å². The maximum Gasteiger partial charge on any atom is 0.326 e. The van der Waals surface area contributed by atoms with Crippen LogP contribution in [0.25, 0.3) is 0 Å². The van der Waals surface area contributed by atoms with Gasteiger partial charge in [-0.2, -0.15) is 0 Å². The van der Waals surface area contributed by atoms with Gasteiger partial charge in [0.05, 0.1) is 12.3 Å². The molecule has 2 atom stereocenters. The van der Waals surface area contributed by atoms with E-state index in [0.717, 1.165) is 4.90 Å². The SMILES string of the molecule is O=C(O)[C@@H]1C[C@@H](O)CN1C(=O)c1ccno1. The van der Waals surface area contributed by atoms with Crippen molar-refractivity contribution in [2.75, 3.05) is 6.54 Å². The third-order valence-electron chi connectivity index (χ3n) is 2.47. The van der Waals surface area contributed by atoms with Crippen molar-refractivity contribution in [2.45, 2.75) is 18.6 Å². The summed E-state index contributed by atoms with van der Waals surface area (Å²) >= 11 is 0. The molecule has 0 radical (unpaired) electrons. The first-order chi connectivity index (χ1) is 7.59. The lowest BCUT2D eigenvalue weighted by atomic mass is 10.2. The third-order valence-corrected chi connectivity index (χ3v) is 2.47. The number of nitrogens with zero attached hydrogens (tertiary/aromatic N) is 2. The molecule has 1 aliphatic rings. The van der Waals surface area contributed by atoms with E-state index < -0.39 is 24.0 Å². The zero-order valence-electron chi connectivity index (χ0n) is 8.24. The molecule has 2 N–H and O–H groups in total. The molecule has 0 unspecified atom stereocenters. The van der Waals surface area contributed by atoms with Gasteiger partial charge in [0, 0.05) is 19.0 Å². The van der Waals surface area contributed by atoms with E-state index >= 15 is 0 Å². The van der Waals surface area contributed by atoms with Crippen molar-refractivity contribution in [2.24, 2.45) is 0 Å². The summed E-state index contributed by atoms with van der Waals surface area (Å²) in [5.74, 6) is -1.73. The number of aliphatic hydroxyl groups is 1. The number of β-amino-alcohol motifs (C(OH)–C–C–N with tert-alkyl or cyclic N) is 1. The van der Waals surface area contributed by atoms with Crippen LogP contribution in [0.2, 0.25) is 0 Å². The highest BCUT2D eigenvalue weighted by molar-refractivity contribution is 5.94. The zero-order valence-corrected chi connectivity index (χ0v) is 8.24. The molecule has 1 amide bonds. The summed E-state index contributed by atoms with van der Waals surface area (Å²) in [6.07, 6.45) is 0.526. The summed E-state index contributed by atoms with van der Waals surface area (Å²) in [5, 5.41) is 21.6. The number of hydrogen-bond donors (Lipinski definition) is 2. The van der Waals surface area contributed by atoms with Crippen molar-refractivity contribution in [1.82, 2.24) is 10.1 Å². The molecule has 0 spiro atoms. The lowest BCUT2D eigenvalue weighted by molar-refractivity contribution is -0.141. The minimum Gasteiger partial charge on any atom is -0.480 e. The highest BCUT2D eigenvalue weighted by Crippen LogP contribution is 2.20. The third kappa shape index (κ3) is 1.76. The Balaban J connectivity index is 2.20. The van der Waals surface area contributed by atoms with Gasteiger partial charge < -0.3 is 19.6 Å². The van der Waals surface area contributed by atoms with Crippen LogP contribution in [0, 0.1) is 0 Å². The molecule has 2 rings (SSSR count). The molecule has 0 saturated carbocycles. The second-order valence-corrected chi connectivity index (χ2v) is 3.58. The topological polar surface area (TPSA) is 104 Å². The van der Waals surface area contributed by atoms with E-state index in [9.17, 15) is 14.7 Å². The lowest BCUT2D eigenvalue weighted by Gasteiger charge is -2.19. The number of hydrogen-bond acceptors (Lipinski definition) is 5. The van der Waals surface area contributed by atoms with Crippen LogP contribution in [-0.4, -0.2) is 50.8 Å². The summed E-state index contributed by atoms with van der Waals surface area (Å²) in [5.41, 5.74) is 0. The van der Waals surface area contributed by atoms with E-state index in [4.69, 9.17) is 5.11 Å². The predicted molar refractivity (Wildman–Crippen MR) is 49.6 cm³/mol. The standard InChI is InChI=1S/C9H10N2O5/c12-5-3-6(9(14)15)11(4-5)8(13)7-1-2-10-16-7/h1-2,5-6,12H,3-4H2,(H,14,15)/t5-,6+/m1/s1. The maximum absolute atomic E-state index is 11.8. The van der Waals surface area contributed by atoms with E-state index in [2.05, 4.69) is 9.68 Å². The van der Waals surface area contributed by atoms with Gasteiger partial charge >= 0.3 is 5.97 Å². The Kier molecular flexibility index (Phi) is 2.61. The van der Waals surface area contributed by atoms with Crippen LogP contribution >= 0.6 is 0 Å². The average Bonchev–Trinajstić information content (AvgIpc) is 2.84. The van der Waals surface area contributed by atoms with Gasteiger partial charge in [-0.25, -0.2) is 4.79 Å². The largest absolute Gasteiger partial charge is 0.480 e. The fraction of sp³-hybridized carbons (Fsp3) is 0.444. The molecule has 16 heavy (non-hydrogen) atoms. The van der Waals surface area contributed by atoms with Crippen molar-refractivity contribution in [3.8, 4) is 0 Å². The zero-order chi connectivity index (χ0) is 11.7. The van der Waals surface area contributed by atoms with Gasteiger partial charge in [-0.15, -0.1) is 0 Å². The number of aromatic nitrogens is 1. The Morgan fingerprint density at radius 2 is 2.31 bits per heavy atom. The van der Waals surface area contributed by atoms with E-state index in [1.54, 1.807) is 0 Å². The van der Waals surface area contributed by atoms with Gasteiger partial charge in [-0.1, -0.05) is 5.16 Å². The van der Waals surface area contributed by atoms with E-state index in [0.29, 0.717) is 0 Å². The highest BCUT2D eigenvalue weighted by Gasteiger charge is 2.40. The monoisotopic (exact) mass is 226 g/mol. The van der Waals surface area contributed by atoms with Crippen LogP contribution in [0.4, 0.5) is 0 Å². The highest BCUT2D eigenvalue weighted by atomic mass is 16.5. The van der Waals surface area contributed by atoms with Crippen LogP contribution in [0.5, 0.6) is 0 Å². The molecule has 2 heterocycles. The molecule has 86 valence electrons. The van der Waals surface area contributed by atoms with Gasteiger partial charge in [0.1, 0.15) is 6.04 Å². The van der Waals surface area contributed by atoms with Gasteiger partial charge in [0.2, 0.25) is 5.76 Å². The minimum absolute atomic E-state index is 0.00347. The van der Waals surface area contributed by atoms with Crippen molar-refractivity contribution in [3.63, 3.8) is 0 Å². The van der Waals surface area contributed by atoms with Crippen molar-refractivity contribution in [1.29, 1.82) is 0 Å². The molecule has 1 aromatic rings. The summed E-state index contributed by atoms with van der Waals surface area (Å²) in [6, 6.07) is 0.346. The smallest absolute Gasteiger partial charge is 0.326 e. The summed E-state index contributed by atoms with van der Waals surface area (Å²) < 4.78 is 4.66. The van der Waals surface area contributed by atoms with Gasteiger partial charge in [0.25, 0.3) is 5.91 Å². The molecule has 1 saturated heterocycles. The van der Waals surface area contributed by atoms with Crippen LogP contribution in [-0.2, 0) is 4.79 Å². The number of aliphatic carboxylic acids is 1. The second-order valence-electron chi connectivity index (χ2n) is 3.58. The number of aliphatic hydroxyl groups excluding tert-OH is 1. The normalized spacial score (nSPS) is 24.7. The minimum atomic E-state index is -1.13. The fourth-order valence-electron chi connectivity index (χ4n) is 1.74. The maximum atomic E-state index is 11.8. The van der Waals surface area contributed by atoms with Gasteiger partial charge in [-0.3, -0.25) is 4.79 Å². The number of carboxylic acids is 1. The first kappa shape index (κ1) is 10.6. The predicted octanol–water partition coefficient (Wildman–Crippen LogP) is -0.665. The van der Waals surface area contributed by atoms with E-state index in [1.807, 2.05) is 0 Å². The van der Waals surface area contributed by atoms with E-state index in [1.165, 1.54) is 12.3 Å². The lowest BCUT2D eigenvalue weighted by Crippen LogP contribution is -2.40. The van der Waals surface area contributed by atoms with Crippen LogP contribution < -0.4 is 0 Å². The molecule has 0 aromatic carbocycles. The quantitative estimate of drug-likeness (QED) is 0.693. The summed E-state index contributed by atoms with van der Waals surface area (Å²) in [6.45, 7) is -0.00347. The van der Waals surface area contributed by atoms with Crippen molar-refractivity contribution >= 4 is 11.9 Å². The number of rotatable bonds is 2. The van der Waals surface area contributed by atoms with Crippen LogP contribution in [0.3, 0.4) is 0 Å². The Hall–Kier alpha value is -1.89. The van der Waals surface area contributed by atoms with Crippen LogP contribution in [0.1, 0.15) is 17.0 Å². The first-order valence-corrected chi connectivity index (χ1v) is 4.72. The molecule has 7 nitrogen and oxygen atoms in total. The fourth-order valence-corrected chi connectivity index (χ4v) is 1.74. The first-order valence-electron chi connectivity index (χ1n) is 4.72. The molecule has 7 heteroatoms. The Bertz CT molecular complexity index is 402. The number of carbonyl (C=O) groups excluding carboxylic acids is 1. The number of amides is 1.